The van der Waals surface area contributed by atoms with Crippen LogP contribution in [0.2, 0.25) is 0 Å². The number of H-pyrrole nitrogens is 1. The van der Waals surface area contributed by atoms with Crippen molar-refractivity contribution in [2.45, 2.75) is 6.04 Å². The van der Waals surface area contributed by atoms with Crippen LogP contribution in [-0.2, 0) is 4.74 Å². The minimum atomic E-state index is -0.229. The van der Waals surface area contributed by atoms with Gasteiger partial charge in [-0.1, -0.05) is 30.3 Å². The van der Waals surface area contributed by atoms with Gasteiger partial charge in [-0.15, -0.1) is 11.3 Å². The maximum atomic E-state index is 13.4. The van der Waals surface area contributed by atoms with E-state index < -0.39 is 0 Å². The van der Waals surface area contributed by atoms with E-state index in [1.165, 1.54) is 11.3 Å². The Morgan fingerprint density at radius 1 is 0.976 bits per heavy atom. The Hall–Kier alpha value is -3.77. The van der Waals surface area contributed by atoms with Crippen LogP contribution in [-0.4, -0.2) is 97.9 Å². The van der Waals surface area contributed by atoms with Crippen LogP contribution in [0.5, 0.6) is 0 Å². The molecular formula is C30H35N7O3S. The van der Waals surface area contributed by atoms with Crippen LogP contribution in [0, 0.1) is 0 Å². The van der Waals surface area contributed by atoms with Crippen molar-refractivity contribution in [2.75, 3.05) is 76.3 Å². The monoisotopic (exact) mass is 573 g/mol. The number of benzene rings is 2. The number of carbonyl (C=O) groups excluding carboxylic acids is 2. The number of piperazine rings is 1. The Labute approximate surface area is 243 Å². The van der Waals surface area contributed by atoms with Gasteiger partial charge in [-0.25, -0.2) is 0 Å². The average molecular weight is 574 g/mol. The molecule has 2 fully saturated rings. The Morgan fingerprint density at radius 3 is 2.44 bits per heavy atom. The molecule has 0 radical (unpaired) electrons. The third-order valence-corrected chi connectivity index (χ3v) is 8.79. The molecule has 4 aromatic rings. The molecule has 214 valence electrons. The molecule has 0 saturated carbocycles. The standard InChI is InChI=1S/C30H35N7O3S/c1-35-11-13-37(14-12-35)23-9-7-22(8-10-23)28(38)32-27-24-19-26(41-30(24)34-33-27)29(39)31-25(21-5-3-2-4-6-21)20-36-15-17-40-18-16-36/h2-10,19,25H,11-18,20H2,1H3,(H,31,39)(H2,32,33,34,38)/t25-/m1/s1. The minimum absolute atomic E-state index is 0.160. The number of hydrogen-bond donors (Lipinski definition) is 3. The number of thiophene rings is 1. The zero-order chi connectivity index (χ0) is 28.2. The van der Waals surface area contributed by atoms with Crippen molar-refractivity contribution in [2.24, 2.45) is 0 Å². The summed E-state index contributed by atoms with van der Waals surface area (Å²) in [6.45, 7) is 7.79. The van der Waals surface area contributed by atoms with Crippen LogP contribution in [0.4, 0.5) is 11.5 Å². The number of morpholine rings is 1. The van der Waals surface area contributed by atoms with Crippen molar-refractivity contribution in [1.82, 2.24) is 25.3 Å². The topological polar surface area (TPSA) is 106 Å². The highest BCUT2D eigenvalue weighted by atomic mass is 32.1. The Balaban J connectivity index is 1.13. The normalized spacial score (nSPS) is 17.4. The lowest BCUT2D eigenvalue weighted by Gasteiger charge is -2.34. The van der Waals surface area contributed by atoms with Gasteiger partial charge in [0.1, 0.15) is 10.6 Å². The molecule has 3 N–H and O–H groups in total. The van der Waals surface area contributed by atoms with E-state index >= 15 is 0 Å². The van der Waals surface area contributed by atoms with Crippen LogP contribution in [0.1, 0.15) is 31.6 Å². The first-order valence-corrected chi connectivity index (χ1v) is 14.8. The number of ether oxygens (including phenoxy) is 1. The number of fused-ring (bicyclic) bond motifs is 1. The number of amides is 2. The van der Waals surface area contributed by atoms with E-state index in [4.69, 9.17) is 4.74 Å². The summed E-state index contributed by atoms with van der Waals surface area (Å²) >= 11 is 1.30. The molecule has 2 saturated heterocycles. The average Bonchev–Trinajstić information content (AvgIpc) is 3.60. The highest BCUT2D eigenvalue weighted by Gasteiger charge is 2.23. The number of likely N-dealkylation sites (N-methyl/N-ethyl adjacent to an activating group) is 1. The number of aromatic nitrogens is 2. The number of carbonyl (C=O) groups is 2. The largest absolute Gasteiger partial charge is 0.379 e. The van der Waals surface area contributed by atoms with Crippen LogP contribution < -0.4 is 15.5 Å². The molecule has 41 heavy (non-hydrogen) atoms. The third-order valence-electron chi connectivity index (χ3n) is 7.76. The lowest BCUT2D eigenvalue weighted by Crippen LogP contribution is -2.44. The summed E-state index contributed by atoms with van der Waals surface area (Å²) in [7, 11) is 2.13. The highest BCUT2D eigenvalue weighted by molar-refractivity contribution is 7.20. The first kappa shape index (κ1) is 27.4. The molecule has 0 aliphatic carbocycles. The van der Waals surface area contributed by atoms with Gasteiger partial charge in [0.2, 0.25) is 0 Å². The van der Waals surface area contributed by atoms with Gasteiger partial charge in [0.15, 0.2) is 0 Å². The van der Waals surface area contributed by atoms with E-state index in [1.54, 1.807) is 6.07 Å². The smallest absolute Gasteiger partial charge is 0.261 e. The maximum Gasteiger partial charge on any atom is 0.261 e. The summed E-state index contributed by atoms with van der Waals surface area (Å²) in [6, 6.07) is 19.4. The molecule has 1 atom stereocenters. The Morgan fingerprint density at radius 2 is 1.71 bits per heavy atom. The van der Waals surface area contributed by atoms with Gasteiger partial charge in [-0.2, -0.15) is 5.10 Å². The number of nitrogens with zero attached hydrogens (tertiary/aromatic N) is 4. The summed E-state index contributed by atoms with van der Waals surface area (Å²) in [5.74, 6) is 0.0931. The van der Waals surface area contributed by atoms with Crippen LogP contribution in [0.25, 0.3) is 10.2 Å². The molecule has 10 nitrogen and oxygen atoms in total. The predicted molar refractivity (Wildman–Crippen MR) is 162 cm³/mol. The van der Waals surface area contributed by atoms with E-state index in [-0.39, 0.29) is 17.9 Å². The summed E-state index contributed by atoms with van der Waals surface area (Å²) in [6.07, 6.45) is 0. The summed E-state index contributed by atoms with van der Waals surface area (Å²) in [4.78, 5) is 34.6. The predicted octanol–water partition coefficient (Wildman–Crippen LogP) is 3.43. The van der Waals surface area contributed by atoms with Crippen molar-refractivity contribution in [3.8, 4) is 0 Å². The number of hydrogen-bond acceptors (Lipinski definition) is 8. The van der Waals surface area contributed by atoms with Gasteiger partial charge in [-0.3, -0.25) is 19.6 Å². The zero-order valence-electron chi connectivity index (χ0n) is 23.1. The number of aromatic amines is 1. The number of anilines is 2. The first-order chi connectivity index (χ1) is 20.0. The van der Waals surface area contributed by atoms with E-state index in [1.807, 2.05) is 54.6 Å². The summed E-state index contributed by atoms with van der Waals surface area (Å²) in [5.41, 5.74) is 2.74. The molecule has 6 rings (SSSR count). The molecular weight excluding hydrogens is 538 g/mol. The van der Waals surface area contributed by atoms with Crippen LogP contribution in [0.3, 0.4) is 0 Å². The SMILES string of the molecule is CN1CCN(c2ccc(C(=O)Nc3[nH]nc4sc(C(=O)N[C@H](CN5CCOCC5)c5ccccc5)cc34)cc2)CC1. The minimum Gasteiger partial charge on any atom is -0.379 e. The molecule has 0 unspecified atom stereocenters. The Bertz CT molecular complexity index is 1470. The third kappa shape index (κ3) is 6.43. The quantitative estimate of drug-likeness (QED) is 0.297. The molecule has 2 aromatic carbocycles. The van der Waals surface area contributed by atoms with E-state index in [2.05, 4.69) is 42.6 Å². The second-order valence-corrected chi connectivity index (χ2v) is 11.6. The molecule has 0 spiro atoms. The van der Waals surface area contributed by atoms with Crippen LogP contribution >= 0.6 is 11.3 Å². The van der Waals surface area contributed by atoms with Gasteiger partial charge < -0.3 is 25.2 Å². The summed E-state index contributed by atoms with van der Waals surface area (Å²) < 4.78 is 5.49. The van der Waals surface area contributed by atoms with Crippen molar-refractivity contribution >= 4 is 44.9 Å². The lowest BCUT2D eigenvalue weighted by atomic mass is 10.1. The molecule has 2 aliphatic heterocycles. The second-order valence-electron chi connectivity index (χ2n) is 10.6. The fraction of sp³-hybridized carbons (Fsp3) is 0.367. The highest BCUT2D eigenvalue weighted by Crippen LogP contribution is 2.30. The van der Waals surface area contributed by atoms with E-state index in [0.717, 1.165) is 50.5 Å². The van der Waals surface area contributed by atoms with Crippen LogP contribution in [0.15, 0.2) is 60.7 Å². The van der Waals surface area contributed by atoms with Gasteiger partial charge in [0.25, 0.3) is 11.8 Å². The van der Waals surface area contributed by atoms with Crippen molar-refractivity contribution < 1.29 is 14.3 Å². The number of nitrogens with one attached hydrogen (secondary N) is 3. The Kier molecular flexibility index (Phi) is 8.28. The van der Waals surface area contributed by atoms with Crippen molar-refractivity contribution in [1.29, 1.82) is 0 Å². The molecule has 2 aromatic heterocycles. The zero-order valence-corrected chi connectivity index (χ0v) is 24.0. The second kappa shape index (κ2) is 12.4. The molecule has 0 bridgehead atoms. The van der Waals surface area contributed by atoms with Crippen molar-refractivity contribution in [3.63, 3.8) is 0 Å². The fourth-order valence-electron chi connectivity index (χ4n) is 5.28. The molecule has 2 amide bonds. The van der Waals surface area contributed by atoms with Gasteiger partial charge in [0, 0.05) is 57.1 Å². The molecule has 11 heteroatoms. The molecule has 4 heterocycles. The van der Waals surface area contributed by atoms with E-state index in [9.17, 15) is 9.59 Å². The first-order valence-electron chi connectivity index (χ1n) is 14.0. The van der Waals surface area contributed by atoms with E-state index in [0.29, 0.717) is 46.2 Å². The maximum absolute atomic E-state index is 13.4. The lowest BCUT2D eigenvalue weighted by molar-refractivity contribution is 0.0332. The fourth-order valence-corrected chi connectivity index (χ4v) is 6.18. The molecule has 2 aliphatic rings. The van der Waals surface area contributed by atoms with Gasteiger partial charge >= 0.3 is 0 Å². The van der Waals surface area contributed by atoms with Gasteiger partial charge in [0.05, 0.1) is 29.5 Å². The number of rotatable bonds is 8. The van der Waals surface area contributed by atoms with Crippen molar-refractivity contribution in [3.05, 3.63) is 76.7 Å². The summed E-state index contributed by atoms with van der Waals surface area (Å²) in [5, 5.41) is 14.1. The van der Waals surface area contributed by atoms with Gasteiger partial charge in [-0.05, 0) is 42.9 Å².